The predicted molar refractivity (Wildman–Crippen MR) is 82.9 cm³/mol. The summed E-state index contributed by atoms with van der Waals surface area (Å²) in [5, 5.41) is 7.16. The first kappa shape index (κ1) is 13.6. The molecule has 0 aromatic carbocycles. The van der Waals surface area contributed by atoms with Gasteiger partial charge < -0.3 is 10.6 Å². The zero-order chi connectivity index (χ0) is 12.9. The molecule has 0 unspecified atom stereocenters. The Kier molecular flexibility index (Phi) is 4.91. The van der Waals surface area contributed by atoms with Gasteiger partial charge in [-0.05, 0) is 69.7 Å². The van der Waals surface area contributed by atoms with E-state index in [1.165, 1.54) is 57.9 Å². The lowest BCUT2D eigenvalue weighted by atomic mass is 10.1. The third-order valence-electron chi connectivity index (χ3n) is 4.14. The molecular formula is C16H26N2S. The first-order valence-corrected chi connectivity index (χ1v) is 8.78. The summed E-state index contributed by atoms with van der Waals surface area (Å²) in [5.74, 6) is 0. The lowest BCUT2D eigenvalue weighted by Gasteiger charge is -2.04. The Hall–Kier alpha value is -0.380. The minimum Gasteiger partial charge on any atom is -0.314 e. The van der Waals surface area contributed by atoms with E-state index in [9.17, 15) is 0 Å². The van der Waals surface area contributed by atoms with E-state index in [1.807, 2.05) is 11.3 Å². The quantitative estimate of drug-likeness (QED) is 0.591. The molecule has 0 aliphatic heterocycles. The van der Waals surface area contributed by atoms with Gasteiger partial charge in [0.2, 0.25) is 0 Å². The number of fused-ring (bicyclic) bond motifs is 1. The van der Waals surface area contributed by atoms with Crippen LogP contribution in [0.5, 0.6) is 0 Å². The van der Waals surface area contributed by atoms with E-state index in [0.717, 1.165) is 19.1 Å². The first-order chi connectivity index (χ1) is 9.42. The number of hydrogen-bond donors (Lipinski definition) is 2. The Balaban J connectivity index is 1.35. The fourth-order valence-corrected chi connectivity index (χ4v) is 4.07. The standard InChI is InChI=1S/C16H26N2S/c1-2-5-13-11-15(19-16(13)6-3-1)12-17-9-4-10-18-14-7-8-14/h11,14,17-18H,1-10,12H2. The Morgan fingerprint density at radius 3 is 2.89 bits per heavy atom. The van der Waals surface area contributed by atoms with E-state index in [4.69, 9.17) is 0 Å². The van der Waals surface area contributed by atoms with E-state index < -0.39 is 0 Å². The normalized spacial score (nSPS) is 19.2. The van der Waals surface area contributed by atoms with Crippen LogP contribution in [-0.2, 0) is 19.4 Å². The summed E-state index contributed by atoms with van der Waals surface area (Å²) in [6.45, 7) is 3.39. The van der Waals surface area contributed by atoms with Crippen molar-refractivity contribution in [1.29, 1.82) is 0 Å². The molecule has 1 saturated carbocycles. The fourth-order valence-electron chi connectivity index (χ4n) is 2.83. The molecule has 19 heavy (non-hydrogen) atoms. The number of thiophene rings is 1. The number of rotatable bonds is 7. The number of hydrogen-bond acceptors (Lipinski definition) is 3. The van der Waals surface area contributed by atoms with Crippen molar-refractivity contribution in [1.82, 2.24) is 10.6 Å². The number of nitrogens with one attached hydrogen (secondary N) is 2. The Morgan fingerprint density at radius 2 is 2.00 bits per heavy atom. The zero-order valence-electron chi connectivity index (χ0n) is 11.8. The third kappa shape index (κ3) is 4.30. The van der Waals surface area contributed by atoms with Gasteiger partial charge >= 0.3 is 0 Å². The average Bonchev–Trinajstić information content (AvgIpc) is 3.19. The molecule has 1 heterocycles. The Bertz CT molecular complexity index is 372. The first-order valence-electron chi connectivity index (χ1n) is 7.96. The maximum absolute atomic E-state index is 3.59. The van der Waals surface area contributed by atoms with Crippen LogP contribution < -0.4 is 10.6 Å². The van der Waals surface area contributed by atoms with Crippen molar-refractivity contribution in [3.8, 4) is 0 Å². The van der Waals surface area contributed by atoms with Crippen molar-refractivity contribution >= 4 is 11.3 Å². The summed E-state index contributed by atoms with van der Waals surface area (Å²) in [6, 6.07) is 3.31. The topological polar surface area (TPSA) is 24.1 Å². The minimum atomic E-state index is 0.855. The summed E-state index contributed by atoms with van der Waals surface area (Å²) in [5.41, 5.74) is 1.65. The molecule has 0 bridgehead atoms. The van der Waals surface area contributed by atoms with E-state index in [-0.39, 0.29) is 0 Å². The lowest BCUT2D eigenvalue weighted by molar-refractivity contribution is 0.595. The second-order valence-electron chi connectivity index (χ2n) is 5.98. The van der Waals surface area contributed by atoms with Crippen molar-refractivity contribution in [2.75, 3.05) is 13.1 Å². The molecule has 0 radical (unpaired) electrons. The highest BCUT2D eigenvalue weighted by Crippen LogP contribution is 2.28. The van der Waals surface area contributed by atoms with Crippen LogP contribution in [0.1, 0.15) is 53.8 Å². The molecule has 106 valence electrons. The molecule has 2 N–H and O–H groups in total. The van der Waals surface area contributed by atoms with Crippen LogP contribution in [0.25, 0.3) is 0 Å². The molecular weight excluding hydrogens is 252 g/mol. The van der Waals surface area contributed by atoms with E-state index >= 15 is 0 Å². The van der Waals surface area contributed by atoms with Gasteiger partial charge in [0.25, 0.3) is 0 Å². The number of aryl methyl sites for hydroxylation is 2. The summed E-state index contributed by atoms with van der Waals surface area (Å²) in [4.78, 5) is 3.21. The molecule has 0 amide bonds. The summed E-state index contributed by atoms with van der Waals surface area (Å²) >= 11 is 2.05. The van der Waals surface area contributed by atoms with Gasteiger partial charge in [0.1, 0.15) is 0 Å². The molecule has 0 spiro atoms. The molecule has 2 aliphatic rings. The van der Waals surface area contributed by atoms with E-state index in [1.54, 1.807) is 15.3 Å². The summed E-state index contributed by atoms with van der Waals surface area (Å²) < 4.78 is 0. The minimum absolute atomic E-state index is 0.855. The summed E-state index contributed by atoms with van der Waals surface area (Å²) in [7, 11) is 0. The van der Waals surface area contributed by atoms with Crippen LogP contribution in [0.4, 0.5) is 0 Å². The average molecular weight is 278 g/mol. The van der Waals surface area contributed by atoms with Gasteiger partial charge in [-0.25, -0.2) is 0 Å². The van der Waals surface area contributed by atoms with Gasteiger partial charge in [-0.15, -0.1) is 11.3 Å². The van der Waals surface area contributed by atoms with Crippen LogP contribution >= 0.6 is 11.3 Å². The van der Waals surface area contributed by atoms with Crippen molar-refractivity contribution in [2.45, 2.75) is 64.0 Å². The lowest BCUT2D eigenvalue weighted by Crippen LogP contribution is -2.22. The van der Waals surface area contributed by atoms with Gasteiger partial charge in [-0.2, -0.15) is 0 Å². The zero-order valence-corrected chi connectivity index (χ0v) is 12.7. The second-order valence-corrected chi connectivity index (χ2v) is 7.20. The Morgan fingerprint density at radius 1 is 1.11 bits per heavy atom. The molecule has 1 aromatic heterocycles. The van der Waals surface area contributed by atoms with Crippen molar-refractivity contribution in [2.24, 2.45) is 0 Å². The van der Waals surface area contributed by atoms with Crippen molar-refractivity contribution < 1.29 is 0 Å². The van der Waals surface area contributed by atoms with Crippen LogP contribution in [0.2, 0.25) is 0 Å². The smallest absolute Gasteiger partial charge is 0.0299 e. The van der Waals surface area contributed by atoms with Crippen LogP contribution in [0.15, 0.2) is 6.07 Å². The maximum Gasteiger partial charge on any atom is 0.0299 e. The van der Waals surface area contributed by atoms with Crippen molar-refractivity contribution in [3.05, 3.63) is 21.4 Å². The highest BCUT2D eigenvalue weighted by molar-refractivity contribution is 7.12. The van der Waals surface area contributed by atoms with Crippen LogP contribution in [0, 0.1) is 0 Å². The van der Waals surface area contributed by atoms with Gasteiger partial charge in [-0.1, -0.05) is 6.42 Å². The van der Waals surface area contributed by atoms with Gasteiger partial charge in [0.05, 0.1) is 0 Å². The largest absolute Gasteiger partial charge is 0.314 e. The molecule has 0 atom stereocenters. The molecule has 1 aromatic rings. The summed E-state index contributed by atoms with van der Waals surface area (Å²) in [6.07, 6.45) is 10.9. The Labute approximate surface area is 121 Å². The third-order valence-corrected chi connectivity index (χ3v) is 5.37. The monoisotopic (exact) mass is 278 g/mol. The van der Waals surface area contributed by atoms with Gasteiger partial charge in [-0.3, -0.25) is 0 Å². The van der Waals surface area contributed by atoms with E-state index in [0.29, 0.717) is 0 Å². The second kappa shape index (κ2) is 6.87. The van der Waals surface area contributed by atoms with Gasteiger partial charge in [0, 0.05) is 22.3 Å². The maximum atomic E-state index is 3.59. The van der Waals surface area contributed by atoms with Crippen LogP contribution in [-0.4, -0.2) is 19.1 Å². The predicted octanol–water partition coefficient (Wildman–Crippen LogP) is 3.25. The van der Waals surface area contributed by atoms with Crippen LogP contribution in [0.3, 0.4) is 0 Å². The molecule has 1 fully saturated rings. The molecule has 3 rings (SSSR count). The fraction of sp³-hybridized carbons (Fsp3) is 0.750. The van der Waals surface area contributed by atoms with E-state index in [2.05, 4.69) is 16.7 Å². The molecule has 2 nitrogen and oxygen atoms in total. The highest BCUT2D eigenvalue weighted by atomic mass is 32.1. The molecule has 2 aliphatic carbocycles. The SMILES string of the molecule is c1c(CNCCCNC2CC2)sc2c1CCCCC2. The highest BCUT2D eigenvalue weighted by Gasteiger charge is 2.19. The van der Waals surface area contributed by atoms with Gasteiger partial charge in [0.15, 0.2) is 0 Å². The molecule has 3 heteroatoms. The molecule has 0 saturated heterocycles. The van der Waals surface area contributed by atoms with Crippen molar-refractivity contribution in [3.63, 3.8) is 0 Å².